The smallest absolute Gasteiger partial charge is 0.339 e. The Morgan fingerprint density at radius 2 is 1.81 bits per heavy atom. The van der Waals surface area contributed by atoms with Crippen LogP contribution < -0.4 is 5.73 Å². The van der Waals surface area contributed by atoms with E-state index in [1.54, 1.807) is 0 Å². The molecule has 0 aliphatic carbocycles. The number of primary amides is 1. The molecule has 0 radical (unpaired) electrons. The normalized spacial score (nSPS) is 15.5. The van der Waals surface area contributed by atoms with Gasteiger partial charge in [0.15, 0.2) is 16.4 Å². The summed E-state index contributed by atoms with van der Waals surface area (Å²) in [5, 5.41) is 0. The van der Waals surface area contributed by atoms with Crippen LogP contribution in [0.4, 0.5) is 0 Å². The molecule has 1 aromatic rings. The van der Waals surface area contributed by atoms with Crippen molar-refractivity contribution >= 4 is 27.6 Å². The minimum Gasteiger partial charge on any atom is -0.452 e. The van der Waals surface area contributed by atoms with Crippen LogP contribution in [0.15, 0.2) is 29.2 Å². The molecule has 0 bridgehead atoms. The number of benzene rings is 1. The lowest BCUT2D eigenvalue weighted by molar-refractivity contribution is -0.137. The molecule has 1 aromatic carbocycles. The van der Waals surface area contributed by atoms with Crippen LogP contribution in [0.25, 0.3) is 0 Å². The second-order valence-corrected chi connectivity index (χ2v) is 8.28. The fraction of sp³-hybridized carbons (Fsp3) is 0.471. The lowest BCUT2D eigenvalue weighted by Gasteiger charge is -2.30. The maximum absolute atomic E-state index is 12.2. The monoisotopic (exact) mass is 382 g/mol. The molecule has 1 aliphatic rings. The summed E-state index contributed by atoms with van der Waals surface area (Å²) in [6.07, 6.45) is 0.958. The topological polar surface area (TPSA) is 124 Å². The molecule has 0 unspecified atom stereocenters. The van der Waals surface area contributed by atoms with Crippen LogP contribution in [0.2, 0.25) is 0 Å². The first-order valence-corrected chi connectivity index (χ1v) is 9.97. The molecule has 2 amide bonds. The molecule has 0 aromatic heterocycles. The Hall–Kier alpha value is -2.42. The molecule has 0 spiro atoms. The highest BCUT2D eigenvalue weighted by atomic mass is 32.2. The highest BCUT2D eigenvalue weighted by Gasteiger charge is 2.27. The van der Waals surface area contributed by atoms with Crippen molar-refractivity contribution in [2.75, 3.05) is 25.4 Å². The number of rotatable bonds is 6. The highest BCUT2D eigenvalue weighted by molar-refractivity contribution is 7.91. The number of amides is 2. The van der Waals surface area contributed by atoms with E-state index in [2.05, 4.69) is 0 Å². The second-order valence-electron chi connectivity index (χ2n) is 6.03. The number of piperidine rings is 1. The van der Waals surface area contributed by atoms with Crippen molar-refractivity contribution in [3.8, 4) is 0 Å². The van der Waals surface area contributed by atoms with Crippen LogP contribution in [0.1, 0.15) is 30.1 Å². The van der Waals surface area contributed by atoms with Crippen LogP contribution in [-0.4, -0.2) is 56.6 Å². The maximum Gasteiger partial charge on any atom is 0.339 e. The van der Waals surface area contributed by atoms with Gasteiger partial charge in [-0.25, -0.2) is 13.2 Å². The molecule has 2 N–H and O–H groups in total. The third-order valence-electron chi connectivity index (χ3n) is 4.40. The molecule has 1 fully saturated rings. The Balaban J connectivity index is 1.98. The van der Waals surface area contributed by atoms with Crippen molar-refractivity contribution in [2.24, 2.45) is 11.7 Å². The molecular formula is C17H22N2O6S. The maximum atomic E-state index is 12.2. The summed E-state index contributed by atoms with van der Waals surface area (Å²) < 4.78 is 29.2. The average molecular weight is 382 g/mol. The number of hydrogen-bond acceptors (Lipinski definition) is 6. The van der Waals surface area contributed by atoms with Gasteiger partial charge in [-0.3, -0.25) is 9.59 Å². The molecule has 2 rings (SSSR count). The molecule has 26 heavy (non-hydrogen) atoms. The SMILES string of the molecule is CCS(=O)(=O)c1ccccc1C(=O)OCC(=O)N1CCC(C(N)=O)CC1. The van der Waals surface area contributed by atoms with Gasteiger partial charge in [-0.15, -0.1) is 0 Å². The van der Waals surface area contributed by atoms with Crippen LogP contribution in [-0.2, 0) is 24.2 Å². The van der Waals surface area contributed by atoms with Gasteiger partial charge in [-0.1, -0.05) is 19.1 Å². The van der Waals surface area contributed by atoms with Crippen molar-refractivity contribution in [2.45, 2.75) is 24.7 Å². The number of hydrogen-bond donors (Lipinski definition) is 1. The molecule has 0 atom stereocenters. The zero-order valence-electron chi connectivity index (χ0n) is 14.5. The van der Waals surface area contributed by atoms with Crippen molar-refractivity contribution in [3.05, 3.63) is 29.8 Å². The summed E-state index contributed by atoms with van der Waals surface area (Å²) in [7, 11) is -3.59. The van der Waals surface area contributed by atoms with Crippen LogP contribution in [0.3, 0.4) is 0 Å². The predicted octanol–water partition coefficient (Wildman–Crippen LogP) is 0.361. The lowest BCUT2D eigenvalue weighted by Crippen LogP contribution is -2.43. The molecule has 1 heterocycles. The summed E-state index contributed by atoms with van der Waals surface area (Å²) >= 11 is 0. The minimum absolute atomic E-state index is 0.0883. The van der Waals surface area contributed by atoms with Crippen LogP contribution in [0, 0.1) is 5.92 Å². The van der Waals surface area contributed by atoms with E-state index in [4.69, 9.17) is 10.5 Å². The van der Waals surface area contributed by atoms with Gasteiger partial charge in [0.05, 0.1) is 16.2 Å². The van der Waals surface area contributed by atoms with Crippen LogP contribution >= 0.6 is 0 Å². The summed E-state index contributed by atoms with van der Waals surface area (Å²) in [6.45, 7) is 1.73. The van der Waals surface area contributed by atoms with Gasteiger partial charge < -0.3 is 15.4 Å². The zero-order chi connectivity index (χ0) is 19.3. The van der Waals surface area contributed by atoms with Gasteiger partial charge in [0.25, 0.3) is 5.91 Å². The Morgan fingerprint density at radius 3 is 2.38 bits per heavy atom. The van der Waals surface area contributed by atoms with Gasteiger partial charge in [-0.2, -0.15) is 0 Å². The van der Waals surface area contributed by atoms with E-state index in [1.165, 1.54) is 36.1 Å². The standard InChI is InChI=1S/C17H22N2O6S/c1-2-26(23,24)14-6-4-3-5-13(14)17(22)25-11-15(20)19-9-7-12(8-10-19)16(18)21/h3-6,12H,2,7-11H2,1H3,(H2,18,21). The minimum atomic E-state index is -3.59. The third-order valence-corrected chi connectivity index (χ3v) is 6.19. The quantitative estimate of drug-likeness (QED) is 0.709. The molecular weight excluding hydrogens is 360 g/mol. The first-order chi connectivity index (χ1) is 12.3. The van der Waals surface area contributed by atoms with E-state index in [1.807, 2.05) is 0 Å². The fourth-order valence-corrected chi connectivity index (χ4v) is 3.86. The zero-order valence-corrected chi connectivity index (χ0v) is 15.3. The number of ether oxygens (including phenoxy) is 1. The highest BCUT2D eigenvalue weighted by Crippen LogP contribution is 2.19. The molecule has 9 heteroatoms. The number of carbonyl (C=O) groups is 3. The number of sulfone groups is 1. The first-order valence-electron chi connectivity index (χ1n) is 8.32. The second kappa shape index (κ2) is 8.31. The van der Waals surface area contributed by atoms with E-state index >= 15 is 0 Å². The fourth-order valence-electron chi connectivity index (χ4n) is 2.77. The Bertz CT molecular complexity index is 797. The number of nitrogens with two attached hydrogens (primary N) is 1. The Labute approximate surface area is 152 Å². The van der Waals surface area contributed by atoms with E-state index in [9.17, 15) is 22.8 Å². The summed E-state index contributed by atoms with van der Waals surface area (Å²) in [5.41, 5.74) is 5.16. The number of esters is 1. The lowest BCUT2D eigenvalue weighted by atomic mass is 9.96. The van der Waals surface area contributed by atoms with E-state index in [-0.39, 0.29) is 28.0 Å². The summed E-state index contributed by atoms with van der Waals surface area (Å²) in [6, 6.07) is 5.74. The van der Waals surface area contributed by atoms with Gasteiger partial charge in [0, 0.05) is 19.0 Å². The van der Waals surface area contributed by atoms with Crippen molar-refractivity contribution in [1.82, 2.24) is 4.90 Å². The van der Waals surface area contributed by atoms with E-state index in [0.29, 0.717) is 25.9 Å². The molecule has 1 aliphatic heterocycles. The molecule has 142 valence electrons. The number of carbonyl (C=O) groups excluding carboxylic acids is 3. The first kappa shape index (κ1) is 19.9. The van der Waals surface area contributed by atoms with Gasteiger partial charge in [-0.05, 0) is 25.0 Å². The van der Waals surface area contributed by atoms with Gasteiger partial charge >= 0.3 is 5.97 Å². The average Bonchev–Trinajstić information content (AvgIpc) is 2.65. The largest absolute Gasteiger partial charge is 0.452 e. The third kappa shape index (κ3) is 4.60. The van der Waals surface area contributed by atoms with Crippen LogP contribution in [0.5, 0.6) is 0 Å². The summed E-state index contributed by atoms with van der Waals surface area (Å²) in [4.78, 5) is 36.9. The number of nitrogens with zero attached hydrogens (tertiary/aromatic N) is 1. The van der Waals surface area contributed by atoms with E-state index in [0.717, 1.165) is 0 Å². The van der Waals surface area contributed by atoms with Crippen molar-refractivity contribution in [1.29, 1.82) is 0 Å². The Kier molecular flexibility index (Phi) is 6.36. The van der Waals surface area contributed by atoms with Gasteiger partial charge in [0.1, 0.15) is 0 Å². The molecule has 0 saturated carbocycles. The molecule has 1 saturated heterocycles. The summed E-state index contributed by atoms with van der Waals surface area (Å²) in [5.74, 6) is -2.02. The number of likely N-dealkylation sites (tertiary alicyclic amines) is 1. The molecule has 8 nitrogen and oxygen atoms in total. The van der Waals surface area contributed by atoms with Crippen molar-refractivity contribution < 1.29 is 27.5 Å². The van der Waals surface area contributed by atoms with E-state index < -0.39 is 28.3 Å². The predicted molar refractivity (Wildman–Crippen MR) is 92.9 cm³/mol. The van der Waals surface area contributed by atoms with Crippen molar-refractivity contribution in [3.63, 3.8) is 0 Å². The van der Waals surface area contributed by atoms with Gasteiger partial charge in [0.2, 0.25) is 5.91 Å². The Morgan fingerprint density at radius 1 is 1.19 bits per heavy atom.